The van der Waals surface area contributed by atoms with E-state index < -0.39 is 27.3 Å². The monoisotopic (exact) mass is 563 g/mol. The van der Waals surface area contributed by atoms with Crippen molar-refractivity contribution in [3.8, 4) is 0 Å². The second-order valence-electron chi connectivity index (χ2n) is 11.1. The minimum Gasteiger partial charge on any atom is -0.444 e. The maximum atomic E-state index is 13.6. The van der Waals surface area contributed by atoms with Crippen LogP contribution < -0.4 is 4.83 Å². The first kappa shape index (κ1) is 29.3. The largest absolute Gasteiger partial charge is 0.444 e. The highest BCUT2D eigenvalue weighted by molar-refractivity contribution is 7.89. The lowest BCUT2D eigenvalue weighted by atomic mass is 9.73. The zero-order valence-electron chi connectivity index (χ0n) is 23.4. The second kappa shape index (κ2) is 12.2. The molecule has 1 fully saturated rings. The van der Waals surface area contributed by atoms with E-state index in [1.165, 1.54) is 18.3 Å². The number of hydrogen-bond acceptors (Lipinski definition) is 6. The Labute approximate surface area is 237 Å². The SMILES string of the molecule is Cc1ccc(S(=O)(=O)NN=CC2(N(Cc3ccccc3)C(=O)OC(C)(C)C)CC(OCc3ccccc3)C2)cc1. The Morgan fingerprint density at radius 3 is 2.12 bits per heavy atom. The lowest BCUT2D eigenvalue weighted by Crippen LogP contribution is -2.63. The van der Waals surface area contributed by atoms with Crippen LogP contribution in [0.25, 0.3) is 0 Å². The average Bonchev–Trinajstić information content (AvgIpc) is 2.88. The first-order valence-corrected chi connectivity index (χ1v) is 14.8. The molecule has 0 spiro atoms. The van der Waals surface area contributed by atoms with E-state index in [0.29, 0.717) is 19.4 Å². The normalized spacial score (nSPS) is 19.1. The molecule has 0 aliphatic heterocycles. The molecule has 0 saturated heterocycles. The molecular formula is C31H37N3O5S. The molecule has 0 aromatic heterocycles. The summed E-state index contributed by atoms with van der Waals surface area (Å²) in [5.74, 6) is 0. The summed E-state index contributed by atoms with van der Waals surface area (Å²) in [6, 6.07) is 26.0. The number of rotatable bonds is 10. The van der Waals surface area contributed by atoms with Gasteiger partial charge in [0.15, 0.2) is 0 Å². The Morgan fingerprint density at radius 2 is 1.55 bits per heavy atom. The van der Waals surface area contributed by atoms with Gasteiger partial charge >= 0.3 is 6.09 Å². The molecule has 0 radical (unpaired) electrons. The van der Waals surface area contributed by atoms with Crippen molar-refractivity contribution >= 4 is 22.3 Å². The minimum atomic E-state index is -3.89. The van der Waals surface area contributed by atoms with Gasteiger partial charge in [-0.15, -0.1) is 0 Å². The number of aryl methyl sites for hydroxylation is 1. The molecular weight excluding hydrogens is 526 g/mol. The minimum absolute atomic E-state index is 0.107. The number of ether oxygens (including phenoxy) is 2. The molecule has 3 aromatic rings. The third-order valence-electron chi connectivity index (χ3n) is 6.63. The summed E-state index contributed by atoms with van der Waals surface area (Å²) in [5, 5.41) is 4.16. The number of hydrogen-bond donors (Lipinski definition) is 1. The van der Waals surface area contributed by atoms with Gasteiger partial charge in [-0.05, 0) is 51.0 Å². The molecule has 9 heteroatoms. The van der Waals surface area contributed by atoms with Crippen molar-refractivity contribution in [3.05, 3.63) is 102 Å². The molecule has 0 atom stereocenters. The van der Waals surface area contributed by atoms with Gasteiger partial charge in [0.25, 0.3) is 10.0 Å². The summed E-state index contributed by atoms with van der Waals surface area (Å²) in [5.41, 5.74) is 1.27. The second-order valence-corrected chi connectivity index (χ2v) is 12.8. The molecule has 1 aliphatic rings. The topological polar surface area (TPSA) is 97.3 Å². The fraction of sp³-hybridized carbons (Fsp3) is 0.355. The van der Waals surface area contributed by atoms with E-state index in [4.69, 9.17) is 9.47 Å². The maximum Gasteiger partial charge on any atom is 0.411 e. The molecule has 1 aliphatic carbocycles. The summed E-state index contributed by atoms with van der Waals surface area (Å²) in [6.07, 6.45) is 1.71. The fourth-order valence-electron chi connectivity index (χ4n) is 4.50. The lowest BCUT2D eigenvalue weighted by molar-refractivity contribution is -0.0852. The Hall–Kier alpha value is -3.69. The van der Waals surface area contributed by atoms with Crippen molar-refractivity contribution in [3.63, 3.8) is 0 Å². The van der Waals surface area contributed by atoms with E-state index in [1.807, 2.05) is 88.4 Å². The number of amides is 1. The molecule has 1 N–H and O–H groups in total. The van der Waals surface area contributed by atoms with Crippen LogP contribution in [-0.4, -0.2) is 42.9 Å². The number of nitrogens with one attached hydrogen (secondary N) is 1. The van der Waals surface area contributed by atoms with Crippen LogP contribution in [0.1, 0.15) is 50.3 Å². The van der Waals surface area contributed by atoms with Crippen molar-refractivity contribution in [2.24, 2.45) is 5.10 Å². The first-order chi connectivity index (χ1) is 19.0. The first-order valence-electron chi connectivity index (χ1n) is 13.3. The molecule has 3 aromatic carbocycles. The third-order valence-corrected chi connectivity index (χ3v) is 7.87. The van der Waals surface area contributed by atoms with Gasteiger partial charge in [-0.3, -0.25) is 4.90 Å². The van der Waals surface area contributed by atoms with E-state index in [2.05, 4.69) is 9.93 Å². The van der Waals surface area contributed by atoms with Gasteiger partial charge in [-0.1, -0.05) is 78.4 Å². The highest BCUT2D eigenvalue weighted by Gasteiger charge is 2.51. The van der Waals surface area contributed by atoms with Gasteiger partial charge in [0.1, 0.15) is 5.60 Å². The zero-order chi connectivity index (χ0) is 28.8. The number of sulfonamides is 1. The number of nitrogens with zero attached hydrogens (tertiary/aromatic N) is 2. The molecule has 0 bridgehead atoms. The quantitative estimate of drug-likeness (QED) is 0.248. The van der Waals surface area contributed by atoms with E-state index in [9.17, 15) is 13.2 Å². The summed E-state index contributed by atoms with van der Waals surface area (Å²) < 4.78 is 37.7. The molecule has 4 rings (SSSR count). The molecule has 0 heterocycles. The van der Waals surface area contributed by atoms with Crippen molar-refractivity contribution < 1.29 is 22.7 Å². The summed E-state index contributed by atoms with van der Waals surface area (Å²) in [6.45, 7) is 8.02. The van der Waals surface area contributed by atoms with E-state index in [1.54, 1.807) is 17.0 Å². The van der Waals surface area contributed by atoms with Crippen LogP contribution in [-0.2, 0) is 32.6 Å². The van der Waals surface area contributed by atoms with Crippen LogP contribution in [0.15, 0.2) is 94.9 Å². The summed E-state index contributed by atoms with van der Waals surface area (Å²) >= 11 is 0. The summed E-state index contributed by atoms with van der Waals surface area (Å²) in [7, 11) is -3.89. The molecule has 1 amide bonds. The van der Waals surface area contributed by atoms with Gasteiger partial charge in [-0.25, -0.2) is 9.63 Å². The van der Waals surface area contributed by atoms with Crippen molar-refractivity contribution in [2.75, 3.05) is 0 Å². The average molecular weight is 564 g/mol. The number of carbonyl (C=O) groups is 1. The van der Waals surface area contributed by atoms with Crippen LogP contribution in [0.2, 0.25) is 0 Å². The highest BCUT2D eigenvalue weighted by atomic mass is 32.2. The molecule has 40 heavy (non-hydrogen) atoms. The number of carbonyl (C=O) groups excluding carboxylic acids is 1. The highest BCUT2D eigenvalue weighted by Crippen LogP contribution is 2.41. The van der Waals surface area contributed by atoms with Crippen molar-refractivity contribution in [1.29, 1.82) is 0 Å². The standard InChI is InChI=1S/C31H37N3O5S/c1-24-15-17-28(18-16-24)40(36,37)33-32-23-31(19-27(20-31)38-22-26-13-9-6-10-14-26)34(29(35)39-30(2,3)4)21-25-11-7-5-8-12-25/h5-18,23,27,33H,19-22H2,1-4H3. The lowest BCUT2D eigenvalue weighted by Gasteiger charge is -2.51. The van der Waals surface area contributed by atoms with Gasteiger partial charge in [-0.2, -0.15) is 13.5 Å². The van der Waals surface area contributed by atoms with Crippen LogP contribution in [0.3, 0.4) is 0 Å². The zero-order valence-corrected chi connectivity index (χ0v) is 24.2. The van der Waals surface area contributed by atoms with Gasteiger partial charge < -0.3 is 9.47 Å². The smallest absolute Gasteiger partial charge is 0.411 e. The maximum absolute atomic E-state index is 13.6. The van der Waals surface area contributed by atoms with Crippen LogP contribution in [0, 0.1) is 6.92 Å². The van der Waals surface area contributed by atoms with Gasteiger partial charge in [0.05, 0.1) is 29.4 Å². The van der Waals surface area contributed by atoms with E-state index in [-0.39, 0.29) is 17.5 Å². The van der Waals surface area contributed by atoms with Crippen LogP contribution in [0.4, 0.5) is 4.79 Å². The van der Waals surface area contributed by atoms with Crippen molar-refractivity contribution in [1.82, 2.24) is 9.73 Å². The molecule has 212 valence electrons. The number of benzene rings is 3. The third kappa shape index (κ3) is 7.70. The van der Waals surface area contributed by atoms with E-state index in [0.717, 1.165) is 16.7 Å². The van der Waals surface area contributed by atoms with Crippen LogP contribution in [0.5, 0.6) is 0 Å². The Kier molecular flexibility index (Phi) is 8.95. The predicted octanol–water partition coefficient (Wildman–Crippen LogP) is 5.81. The van der Waals surface area contributed by atoms with Crippen LogP contribution >= 0.6 is 0 Å². The predicted molar refractivity (Wildman–Crippen MR) is 155 cm³/mol. The Balaban J connectivity index is 1.60. The molecule has 1 saturated carbocycles. The Bertz CT molecular complexity index is 1400. The molecule has 0 unspecified atom stereocenters. The molecule has 8 nitrogen and oxygen atoms in total. The number of hydrazone groups is 1. The van der Waals surface area contributed by atoms with Gasteiger partial charge in [0.2, 0.25) is 0 Å². The van der Waals surface area contributed by atoms with Crippen molar-refractivity contribution in [2.45, 2.75) is 75.8 Å². The Morgan fingerprint density at radius 1 is 0.975 bits per heavy atom. The fourth-order valence-corrected chi connectivity index (χ4v) is 5.29. The summed E-state index contributed by atoms with van der Waals surface area (Å²) in [4.78, 5) is 17.6. The van der Waals surface area contributed by atoms with Gasteiger partial charge in [0, 0.05) is 19.4 Å². The van der Waals surface area contributed by atoms with E-state index >= 15 is 0 Å².